The number of aromatic nitrogens is 2. The molecule has 1 N–H and O–H groups in total. The number of para-hydroxylation sites is 1. The molecule has 2 heterocycles. The lowest BCUT2D eigenvalue weighted by Crippen LogP contribution is -2.46. The smallest absolute Gasteiger partial charge is 0.217 e. The van der Waals surface area contributed by atoms with Crippen LogP contribution in [0, 0.1) is 19.3 Å². The first-order chi connectivity index (χ1) is 12.7. The van der Waals surface area contributed by atoms with Crippen LogP contribution in [0.4, 0.5) is 0 Å². The number of amides is 1. The quantitative estimate of drug-likeness (QED) is 0.879. The molecule has 1 saturated heterocycles. The normalized spacial score (nSPS) is 23.3. The van der Waals surface area contributed by atoms with Crippen molar-refractivity contribution in [2.45, 2.75) is 72.6 Å². The van der Waals surface area contributed by atoms with Gasteiger partial charge in [0.2, 0.25) is 5.91 Å². The van der Waals surface area contributed by atoms with E-state index in [1.54, 1.807) is 6.92 Å². The third-order valence-electron chi connectivity index (χ3n) is 5.37. The number of aryl methyl sites for hydroxylation is 1. The van der Waals surface area contributed by atoms with Crippen LogP contribution in [0.5, 0.6) is 0 Å². The highest BCUT2D eigenvalue weighted by molar-refractivity contribution is 5.73. The predicted molar refractivity (Wildman–Crippen MR) is 107 cm³/mol. The van der Waals surface area contributed by atoms with Crippen LogP contribution in [0.25, 0.3) is 5.69 Å². The number of nitrogens with zero attached hydrogens (tertiary/aromatic N) is 2. The molecule has 1 aliphatic rings. The highest BCUT2D eigenvalue weighted by atomic mass is 16.5. The maximum Gasteiger partial charge on any atom is 0.217 e. The van der Waals surface area contributed by atoms with E-state index in [0.29, 0.717) is 0 Å². The van der Waals surface area contributed by atoms with E-state index in [9.17, 15) is 4.79 Å². The number of ether oxygens (including phenoxy) is 1. The second-order valence-electron chi connectivity index (χ2n) is 8.68. The molecule has 0 unspecified atom stereocenters. The molecule has 1 aromatic carbocycles. The molecule has 1 aromatic heterocycles. The van der Waals surface area contributed by atoms with Gasteiger partial charge in [0.15, 0.2) is 0 Å². The number of benzene rings is 1. The molecule has 0 radical (unpaired) electrons. The van der Waals surface area contributed by atoms with Crippen molar-refractivity contribution in [3.8, 4) is 5.69 Å². The number of carbonyl (C=O) groups is 1. The van der Waals surface area contributed by atoms with E-state index in [0.717, 1.165) is 35.5 Å². The first kappa shape index (κ1) is 19.6. The number of hydrogen-bond donors (Lipinski definition) is 1. The fourth-order valence-electron chi connectivity index (χ4n) is 4.01. The molecule has 146 valence electrons. The van der Waals surface area contributed by atoms with Gasteiger partial charge in [-0.2, -0.15) is 5.10 Å². The topological polar surface area (TPSA) is 56.1 Å². The van der Waals surface area contributed by atoms with Gasteiger partial charge in [-0.05, 0) is 44.2 Å². The van der Waals surface area contributed by atoms with E-state index < -0.39 is 0 Å². The molecule has 1 aliphatic heterocycles. The van der Waals surface area contributed by atoms with Crippen molar-refractivity contribution in [1.82, 2.24) is 15.1 Å². The summed E-state index contributed by atoms with van der Waals surface area (Å²) in [4.78, 5) is 11.7. The highest BCUT2D eigenvalue weighted by Crippen LogP contribution is 2.40. The zero-order chi connectivity index (χ0) is 19.8. The van der Waals surface area contributed by atoms with E-state index >= 15 is 0 Å². The summed E-state index contributed by atoms with van der Waals surface area (Å²) in [6.45, 7) is 12.3. The second-order valence-corrected chi connectivity index (χ2v) is 8.68. The van der Waals surface area contributed by atoms with Crippen LogP contribution in [0.2, 0.25) is 0 Å². The maximum absolute atomic E-state index is 11.7. The van der Waals surface area contributed by atoms with Crippen molar-refractivity contribution in [1.29, 1.82) is 0 Å². The molecule has 2 aromatic rings. The molecule has 0 saturated carbocycles. The highest BCUT2D eigenvalue weighted by Gasteiger charge is 2.38. The summed E-state index contributed by atoms with van der Waals surface area (Å²) < 4.78 is 8.54. The van der Waals surface area contributed by atoms with Crippen molar-refractivity contribution in [2.24, 2.45) is 5.41 Å². The summed E-state index contributed by atoms with van der Waals surface area (Å²) in [5, 5.41) is 7.89. The van der Waals surface area contributed by atoms with E-state index in [1.165, 1.54) is 0 Å². The molecule has 5 heteroatoms. The summed E-state index contributed by atoms with van der Waals surface area (Å²) in [5.74, 6) is 0.0155. The Morgan fingerprint density at radius 3 is 2.44 bits per heavy atom. The standard InChI is InChI=1S/C22H31N3O2/c1-14-21(15(2)25(24-14)18-10-8-7-9-11-18)19-12-17(23-16(3)26)13-20(27-19)22(4,5)6/h7-11,17,19-20H,12-13H2,1-6H3,(H,23,26)/t17-,19-,20+/m1/s1. The van der Waals surface area contributed by atoms with Gasteiger partial charge in [0.1, 0.15) is 0 Å². The average Bonchev–Trinajstić information content (AvgIpc) is 2.88. The van der Waals surface area contributed by atoms with E-state index in [1.807, 2.05) is 29.8 Å². The van der Waals surface area contributed by atoms with Crippen molar-refractivity contribution < 1.29 is 9.53 Å². The maximum atomic E-state index is 11.7. The lowest BCUT2D eigenvalue weighted by atomic mass is 9.81. The Bertz CT molecular complexity index is 805. The molecule has 0 spiro atoms. The van der Waals surface area contributed by atoms with Gasteiger partial charge in [-0.25, -0.2) is 4.68 Å². The SMILES string of the molecule is CC(=O)N[C@H]1C[C@@H](C(C)(C)C)O[C@@H](c2c(C)nn(-c3ccccc3)c2C)C1. The van der Waals surface area contributed by atoms with Gasteiger partial charge in [0, 0.05) is 24.2 Å². The first-order valence-corrected chi connectivity index (χ1v) is 9.71. The third-order valence-corrected chi connectivity index (χ3v) is 5.37. The fraction of sp³-hybridized carbons (Fsp3) is 0.545. The van der Waals surface area contributed by atoms with Gasteiger partial charge < -0.3 is 10.1 Å². The van der Waals surface area contributed by atoms with E-state index in [2.05, 4.69) is 45.1 Å². The number of nitrogens with one attached hydrogen (secondary N) is 1. The molecular weight excluding hydrogens is 338 g/mol. The summed E-state index contributed by atoms with van der Waals surface area (Å²) in [5.41, 5.74) is 4.28. The Balaban J connectivity index is 1.96. The van der Waals surface area contributed by atoms with Crippen LogP contribution in [0.15, 0.2) is 30.3 Å². The summed E-state index contributed by atoms with van der Waals surface area (Å²) in [7, 11) is 0. The minimum Gasteiger partial charge on any atom is -0.369 e. The van der Waals surface area contributed by atoms with Crippen LogP contribution in [-0.4, -0.2) is 27.8 Å². The Morgan fingerprint density at radius 2 is 1.85 bits per heavy atom. The van der Waals surface area contributed by atoms with Crippen molar-refractivity contribution in [3.05, 3.63) is 47.3 Å². The van der Waals surface area contributed by atoms with Crippen LogP contribution in [-0.2, 0) is 9.53 Å². The Kier molecular flexibility index (Phi) is 5.43. The van der Waals surface area contributed by atoms with E-state index in [-0.39, 0.29) is 29.6 Å². The Labute approximate surface area is 162 Å². The third kappa shape index (κ3) is 4.24. The molecule has 5 nitrogen and oxygen atoms in total. The molecule has 3 atom stereocenters. The number of carbonyl (C=O) groups excluding carboxylic acids is 1. The van der Waals surface area contributed by atoms with Gasteiger partial charge in [0.25, 0.3) is 0 Å². The Morgan fingerprint density at radius 1 is 1.19 bits per heavy atom. The largest absolute Gasteiger partial charge is 0.369 e. The predicted octanol–water partition coefficient (Wildman–Crippen LogP) is 4.26. The summed E-state index contributed by atoms with van der Waals surface area (Å²) in [6, 6.07) is 10.3. The van der Waals surface area contributed by atoms with Crippen LogP contribution < -0.4 is 5.32 Å². The second kappa shape index (κ2) is 7.47. The molecule has 3 rings (SSSR count). The zero-order valence-corrected chi connectivity index (χ0v) is 17.2. The molecule has 27 heavy (non-hydrogen) atoms. The summed E-state index contributed by atoms with van der Waals surface area (Å²) in [6.07, 6.45) is 1.61. The first-order valence-electron chi connectivity index (χ1n) is 9.71. The fourth-order valence-corrected chi connectivity index (χ4v) is 4.01. The summed E-state index contributed by atoms with van der Waals surface area (Å²) >= 11 is 0. The van der Waals surface area contributed by atoms with Crippen LogP contribution in [0.1, 0.15) is 63.6 Å². The molecule has 1 amide bonds. The van der Waals surface area contributed by atoms with E-state index in [4.69, 9.17) is 9.84 Å². The number of hydrogen-bond acceptors (Lipinski definition) is 3. The molecule has 0 aliphatic carbocycles. The van der Waals surface area contributed by atoms with Crippen LogP contribution >= 0.6 is 0 Å². The molecule has 0 bridgehead atoms. The monoisotopic (exact) mass is 369 g/mol. The van der Waals surface area contributed by atoms with Crippen molar-refractivity contribution >= 4 is 5.91 Å². The van der Waals surface area contributed by atoms with Gasteiger partial charge in [0.05, 0.1) is 23.6 Å². The van der Waals surface area contributed by atoms with Crippen molar-refractivity contribution in [2.75, 3.05) is 0 Å². The van der Waals surface area contributed by atoms with Crippen molar-refractivity contribution in [3.63, 3.8) is 0 Å². The average molecular weight is 370 g/mol. The van der Waals surface area contributed by atoms with Gasteiger partial charge >= 0.3 is 0 Å². The minimum atomic E-state index is -0.0720. The molecule has 1 fully saturated rings. The lowest BCUT2D eigenvalue weighted by Gasteiger charge is -2.42. The lowest BCUT2D eigenvalue weighted by molar-refractivity contribution is -0.127. The van der Waals surface area contributed by atoms with Crippen LogP contribution in [0.3, 0.4) is 0 Å². The van der Waals surface area contributed by atoms with Gasteiger partial charge in [-0.3, -0.25) is 4.79 Å². The minimum absolute atomic E-state index is 0.00657. The Hall–Kier alpha value is -2.14. The zero-order valence-electron chi connectivity index (χ0n) is 17.2. The van der Waals surface area contributed by atoms with Gasteiger partial charge in [-0.1, -0.05) is 39.0 Å². The number of rotatable bonds is 3. The van der Waals surface area contributed by atoms with Gasteiger partial charge in [-0.15, -0.1) is 0 Å². The molecular formula is C22H31N3O2.